The van der Waals surface area contributed by atoms with E-state index >= 15 is 0 Å². The number of ketones is 1. The van der Waals surface area contributed by atoms with E-state index < -0.39 is 0 Å². The first-order chi connectivity index (χ1) is 13.2. The van der Waals surface area contributed by atoms with Crippen molar-refractivity contribution in [3.05, 3.63) is 77.8 Å². The second-order valence-corrected chi connectivity index (χ2v) is 7.45. The predicted octanol–water partition coefficient (Wildman–Crippen LogP) is 5.54. The van der Waals surface area contributed by atoms with Crippen LogP contribution in [-0.4, -0.2) is 26.3 Å². The lowest BCUT2D eigenvalue weighted by Gasteiger charge is -2.08. The monoisotopic (exact) mass is 397 g/mol. The molecule has 6 heteroatoms. The van der Waals surface area contributed by atoms with Gasteiger partial charge in [0.2, 0.25) is 0 Å². The minimum Gasteiger partial charge on any atom is -0.298 e. The summed E-state index contributed by atoms with van der Waals surface area (Å²) in [5.41, 5.74) is 1.72. The maximum Gasteiger partial charge on any atom is 0.191 e. The van der Waals surface area contributed by atoms with Gasteiger partial charge in [-0.2, -0.15) is 0 Å². The Morgan fingerprint density at radius 3 is 2.56 bits per heavy atom. The van der Waals surface area contributed by atoms with Gasteiger partial charge in [-0.05, 0) is 30.7 Å². The maximum atomic E-state index is 12.2. The zero-order chi connectivity index (χ0) is 19.1. The minimum absolute atomic E-state index is 0.172. The van der Waals surface area contributed by atoms with Crippen molar-refractivity contribution in [3.63, 3.8) is 0 Å². The summed E-state index contributed by atoms with van der Waals surface area (Å²) in [6.45, 7) is 4.45. The summed E-state index contributed by atoms with van der Waals surface area (Å²) in [7, 11) is 0. The van der Waals surface area contributed by atoms with Gasteiger partial charge in [-0.15, -0.1) is 16.8 Å². The van der Waals surface area contributed by atoms with Crippen molar-refractivity contribution in [3.8, 4) is 11.4 Å². The number of carbonyl (C=O) groups excluding carboxylic acids is 1. The van der Waals surface area contributed by atoms with Crippen LogP contribution >= 0.6 is 23.4 Å². The Balaban J connectivity index is 1.62. The van der Waals surface area contributed by atoms with Gasteiger partial charge in [0.25, 0.3) is 0 Å². The van der Waals surface area contributed by atoms with Gasteiger partial charge in [0.1, 0.15) is 0 Å². The molecule has 1 heterocycles. The molecule has 138 valence electrons. The number of Topliss-reactive ketones (excluding diaryl/α,β-unsaturated/α-hetero) is 1. The Labute approximate surface area is 168 Å². The molecule has 0 N–H and O–H groups in total. The van der Waals surface area contributed by atoms with Crippen molar-refractivity contribution in [1.82, 2.24) is 14.8 Å². The van der Waals surface area contributed by atoms with E-state index in [2.05, 4.69) is 16.8 Å². The molecule has 0 radical (unpaired) electrons. The molecular weight excluding hydrogens is 378 g/mol. The quantitative estimate of drug-likeness (QED) is 0.206. The Bertz CT molecular complexity index is 907. The van der Waals surface area contributed by atoms with Crippen molar-refractivity contribution in [2.45, 2.75) is 24.5 Å². The summed E-state index contributed by atoms with van der Waals surface area (Å²) in [6, 6.07) is 16.9. The topological polar surface area (TPSA) is 47.8 Å². The van der Waals surface area contributed by atoms with E-state index in [0.29, 0.717) is 18.0 Å². The summed E-state index contributed by atoms with van der Waals surface area (Å²) in [5.74, 6) is 1.76. The fourth-order valence-electron chi connectivity index (χ4n) is 2.67. The van der Waals surface area contributed by atoms with E-state index in [1.54, 1.807) is 11.8 Å². The van der Waals surface area contributed by atoms with Crippen LogP contribution < -0.4 is 0 Å². The molecule has 0 saturated carbocycles. The third kappa shape index (κ3) is 5.08. The van der Waals surface area contributed by atoms with Crippen LogP contribution in [0.5, 0.6) is 0 Å². The molecule has 3 aromatic rings. The third-order valence-corrected chi connectivity index (χ3v) is 5.31. The van der Waals surface area contributed by atoms with Crippen LogP contribution in [0.1, 0.15) is 23.2 Å². The van der Waals surface area contributed by atoms with E-state index in [1.807, 2.05) is 65.2 Å². The molecule has 0 fully saturated rings. The maximum absolute atomic E-state index is 12.2. The number of halogens is 1. The van der Waals surface area contributed by atoms with Crippen molar-refractivity contribution in [1.29, 1.82) is 0 Å². The van der Waals surface area contributed by atoms with Gasteiger partial charge in [-0.25, -0.2) is 0 Å². The van der Waals surface area contributed by atoms with Gasteiger partial charge in [0, 0.05) is 34.9 Å². The first kappa shape index (κ1) is 19.4. The summed E-state index contributed by atoms with van der Waals surface area (Å²) in [4.78, 5) is 12.2. The Morgan fingerprint density at radius 2 is 1.85 bits per heavy atom. The van der Waals surface area contributed by atoms with E-state index in [4.69, 9.17) is 11.6 Å². The standard InChI is InChI=1S/C21H20ClN3OS/c1-2-14-25-20(17-10-12-18(22)13-11-17)23-24-21(25)27-15-6-9-19(26)16-7-4-3-5-8-16/h2-5,7-8,10-13H,1,6,9,14-15H2. The summed E-state index contributed by atoms with van der Waals surface area (Å²) < 4.78 is 2.03. The molecule has 0 atom stereocenters. The highest BCUT2D eigenvalue weighted by Crippen LogP contribution is 2.26. The van der Waals surface area contributed by atoms with Gasteiger partial charge in [0.15, 0.2) is 16.8 Å². The molecule has 0 aliphatic carbocycles. The van der Waals surface area contributed by atoms with Gasteiger partial charge < -0.3 is 0 Å². The highest BCUT2D eigenvalue weighted by molar-refractivity contribution is 7.99. The molecule has 3 rings (SSSR count). The first-order valence-electron chi connectivity index (χ1n) is 8.70. The predicted molar refractivity (Wildman–Crippen MR) is 111 cm³/mol. The number of aromatic nitrogens is 3. The molecule has 0 spiro atoms. The molecular formula is C21H20ClN3OS. The molecule has 0 aliphatic heterocycles. The van der Waals surface area contributed by atoms with Crippen LogP contribution in [0.15, 0.2) is 72.4 Å². The number of carbonyl (C=O) groups is 1. The van der Waals surface area contributed by atoms with Gasteiger partial charge >= 0.3 is 0 Å². The number of thioether (sulfide) groups is 1. The second kappa shape index (κ2) is 9.53. The van der Waals surface area contributed by atoms with Crippen LogP contribution in [0.2, 0.25) is 5.02 Å². The Morgan fingerprint density at radius 1 is 1.11 bits per heavy atom. The number of allylic oxidation sites excluding steroid dienone is 1. The van der Waals surface area contributed by atoms with E-state index in [0.717, 1.165) is 34.3 Å². The number of hydrogen-bond donors (Lipinski definition) is 0. The third-order valence-electron chi connectivity index (χ3n) is 4.01. The number of rotatable bonds is 9. The molecule has 0 aliphatic rings. The smallest absolute Gasteiger partial charge is 0.191 e. The normalized spacial score (nSPS) is 10.7. The lowest BCUT2D eigenvalue weighted by molar-refractivity contribution is 0.0982. The largest absolute Gasteiger partial charge is 0.298 e. The van der Waals surface area contributed by atoms with Crippen molar-refractivity contribution >= 4 is 29.1 Å². The van der Waals surface area contributed by atoms with Crippen LogP contribution in [0.4, 0.5) is 0 Å². The molecule has 0 bridgehead atoms. The fraction of sp³-hybridized carbons (Fsp3) is 0.190. The van der Waals surface area contributed by atoms with E-state index in [1.165, 1.54) is 0 Å². The van der Waals surface area contributed by atoms with Crippen molar-refractivity contribution < 1.29 is 4.79 Å². The molecule has 0 saturated heterocycles. The lowest BCUT2D eigenvalue weighted by atomic mass is 10.1. The fourth-order valence-corrected chi connectivity index (χ4v) is 3.68. The molecule has 0 unspecified atom stereocenters. The van der Waals surface area contributed by atoms with Crippen LogP contribution in [0, 0.1) is 0 Å². The molecule has 4 nitrogen and oxygen atoms in total. The number of nitrogens with zero attached hydrogens (tertiary/aromatic N) is 3. The highest BCUT2D eigenvalue weighted by atomic mass is 35.5. The average molecular weight is 398 g/mol. The van der Waals surface area contributed by atoms with Crippen molar-refractivity contribution in [2.24, 2.45) is 0 Å². The summed E-state index contributed by atoms with van der Waals surface area (Å²) in [6.07, 6.45) is 3.14. The minimum atomic E-state index is 0.172. The van der Waals surface area contributed by atoms with Crippen molar-refractivity contribution in [2.75, 3.05) is 5.75 Å². The zero-order valence-corrected chi connectivity index (χ0v) is 16.4. The lowest BCUT2D eigenvalue weighted by Crippen LogP contribution is -2.02. The van der Waals surface area contributed by atoms with Crippen LogP contribution in [-0.2, 0) is 6.54 Å². The molecule has 2 aromatic carbocycles. The Kier molecular flexibility index (Phi) is 6.85. The van der Waals surface area contributed by atoms with E-state index in [9.17, 15) is 4.79 Å². The molecule has 27 heavy (non-hydrogen) atoms. The summed E-state index contributed by atoms with van der Waals surface area (Å²) in [5, 5.41) is 10.2. The van der Waals surface area contributed by atoms with E-state index in [-0.39, 0.29) is 5.78 Å². The van der Waals surface area contributed by atoms with Crippen LogP contribution in [0.3, 0.4) is 0 Å². The highest BCUT2D eigenvalue weighted by Gasteiger charge is 2.14. The second-order valence-electron chi connectivity index (χ2n) is 5.95. The van der Waals surface area contributed by atoms with Gasteiger partial charge in [-0.1, -0.05) is 59.8 Å². The van der Waals surface area contributed by atoms with Gasteiger partial charge in [-0.3, -0.25) is 9.36 Å². The first-order valence-corrected chi connectivity index (χ1v) is 10.1. The zero-order valence-electron chi connectivity index (χ0n) is 14.8. The van der Waals surface area contributed by atoms with Gasteiger partial charge in [0.05, 0.1) is 0 Å². The number of hydrogen-bond acceptors (Lipinski definition) is 4. The molecule has 1 aromatic heterocycles. The van der Waals surface area contributed by atoms with Crippen LogP contribution in [0.25, 0.3) is 11.4 Å². The summed E-state index contributed by atoms with van der Waals surface area (Å²) >= 11 is 7.58. The number of benzene rings is 2. The SMILES string of the molecule is C=CCn1c(SCCCC(=O)c2ccccc2)nnc1-c1ccc(Cl)cc1. The average Bonchev–Trinajstić information content (AvgIpc) is 3.09. The molecule has 0 amide bonds. The Hall–Kier alpha value is -2.37.